The topological polar surface area (TPSA) is 105 Å². The van der Waals surface area contributed by atoms with Gasteiger partial charge < -0.3 is 19.7 Å². The smallest absolute Gasteiger partial charge is 0.255 e. The third-order valence-electron chi connectivity index (χ3n) is 6.30. The Morgan fingerprint density at radius 1 is 1.03 bits per heavy atom. The predicted molar refractivity (Wildman–Crippen MR) is 135 cm³/mol. The SMILES string of the molecule is Cc1nc2ncc(-c3nc(Nc4ccc(C(=O)N5CCN(C)CC5)cn4)ncc3F)cc2n1C(C)C. The molecule has 36 heavy (non-hydrogen) atoms. The summed E-state index contributed by atoms with van der Waals surface area (Å²) in [5.41, 5.74) is 2.58. The van der Waals surface area contributed by atoms with Crippen LogP contribution in [0.5, 0.6) is 0 Å². The van der Waals surface area contributed by atoms with E-state index in [-0.39, 0.29) is 23.6 Å². The molecule has 5 rings (SSSR count). The van der Waals surface area contributed by atoms with Crippen LogP contribution in [-0.2, 0) is 0 Å². The summed E-state index contributed by atoms with van der Waals surface area (Å²) >= 11 is 0. The number of pyridine rings is 2. The summed E-state index contributed by atoms with van der Waals surface area (Å²) in [6, 6.07) is 5.42. The molecule has 0 bridgehead atoms. The van der Waals surface area contributed by atoms with Crippen molar-refractivity contribution in [1.29, 1.82) is 0 Å². The largest absolute Gasteiger partial charge is 0.336 e. The number of nitrogens with one attached hydrogen (secondary N) is 1. The molecule has 0 spiro atoms. The molecule has 0 radical (unpaired) electrons. The van der Waals surface area contributed by atoms with Crippen molar-refractivity contribution in [1.82, 2.24) is 39.3 Å². The number of hydrogen-bond acceptors (Lipinski definition) is 8. The molecule has 1 fully saturated rings. The molecule has 1 aliphatic heterocycles. The fraction of sp³-hybridized carbons (Fsp3) is 0.360. The van der Waals surface area contributed by atoms with Crippen LogP contribution < -0.4 is 5.32 Å². The van der Waals surface area contributed by atoms with E-state index in [1.54, 1.807) is 18.3 Å². The molecular formula is C25H28FN9O. The summed E-state index contributed by atoms with van der Waals surface area (Å²) in [7, 11) is 2.04. The Bertz CT molecular complexity index is 1410. The molecule has 1 N–H and O–H groups in total. The van der Waals surface area contributed by atoms with Crippen LogP contribution in [0, 0.1) is 12.7 Å². The molecule has 11 heteroatoms. The van der Waals surface area contributed by atoms with Gasteiger partial charge in [0.05, 0.1) is 17.3 Å². The summed E-state index contributed by atoms with van der Waals surface area (Å²) < 4.78 is 16.8. The molecule has 1 aliphatic rings. The predicted octanol–water partition coefficient (Wildman–Crippen LogP) is 3.44. The van der Waals surface area contributed by atoms with Gasteiger partial charge in [-0.3, -0.25) is 4.79 Å². The summed E-state index contributed by atoms with van der Waals surface area (Å²) in [4.78, 5) is 38.4. The van der Waals surface area contributed by atoms with Crippen molar-refractivity contribution in [2.45, 2.75) is 26.8 Å². The molecule has 0 atom stereocenters. The molecule has 1 saturated heterocycles. The van der Waals surface area contributed by atoms with Crippen LogP contribution in [0.2, 0.25) is 0 Å². The zero-order valence-corrected chi connectivity index (χ0v) is 20.7. The minimum absolute atomic E-state index is 0.0405. The van der Waals surface area contributed by atoms with E-state index in [4.69, 9.17) is 0 Å². The van der Waals surface area contributed by atoms with E-state index < -0.39 is 5.82 Å². The van der Waals surface area contributed by atoms with E-state index in [1.165, 1.54) is 6.20 Å². The number of hydrogen-bond donors (Lipinski definition) is 1. The summed E-state index contributed by atoms with van der Waals surface area (Å²) in [6.07, 6.45) is 4.21. The normalized spacial score (nSPS) is 14.6. The number of rotatable bonds is 5. The van der Waals surface area contributed by atoms with E-state index in [0.717, 1.165) is 30.6 Å². The number of imidazole rings is 1. The number of nitrogens with zero attached hydrogens (tertiary/aromatic N) is 8. The molecular weight excluding hydrogens is 461 g/mol. The third kappa shape index (κ3) is 4.61. The van der Waals surface area contributed by atoms with E-state index in [0.29, 0.717) is 35.7 Å². The van der Waals surface area contributed by atoms with Crippen LogP contribution in [-0.4, -0.2) is 78.4 Å². The van der Waals surface area contributed by atoms with Gasteiger partial charge in [-0.1, -0.05) is 0 Å². The van der Waals surface area contributed by atoms with Gasteiger partial charge in [0, 0.05) is 50.2 Å². The van der Waals surface area contributed by atoms with Gasteiger partial charge >= 0.3 is 0 Å². The van der Waals surface area contributed by atoms with Crippen molar-refractivity contribution in [2.24, 2.45) is 0 Å². The number of halogens is 1. The highest BCUT2D eigenvalue weighted by molar-refractivity contribution is 5.94. The third-order valence-corrected chi connectivity index (χ3v) is 6.30. The monoisotopic (exact) mass is 489 g/mol. The highest BCUT2D eigenvalue weighted by Gasteiger charge is 2.21. The Morgan fingerprint density at radius 3 is 2.50 bits per heavy atom. The lowest BCUT2D eigenvalue weighted by atomic mass is 10.2. The van der Waals surface area contributed by atoms with Crippen LogP contribution >= 0.6 is 0 Å². The van der Waals surface area contributed by atoms with E-state index in [9.17, 15) is 9.18 Å². The van der Waals surface area contributed by atoms with Gasteiger partial charge in [0.2, 0.25) is 5.95 Å². The first kappa shape index (κ1) is 23.7. The first-order chi connectivity index (χ1) is 17.3. The molecule has 0 aromatic carbocycles. The number of likely N-dealkylation sites (N-methyl/N-ethyl adjacent to an activating group) is 1. The number of aromatic nitrogens is 6. The zero-order valence-electron chi connectivity index (χ0n) is 20.7. The van der Waals surface area contributed by atoms with Crippen LogP contribution in [0.1, 0.15) is 36.1 Å². The number of carbonyl (C=O) groups excluding carboxylic acids is 1. The Morgan fingerprint density at radius 2 is 1.81 bits per heavy atom. The summed E-state index contributed by atoms with van der Waals surface area (Å²) in [5, 5.41) is 2.99. The zero-order chi connectivity index (χ0) is 25.4. The molecule has 0 unspecified atom stereocenters. The number of aryl methyl sites for hydroxylation is 1. The number of piperazine rings is 1. The van der Waals surface area contributed by atoms with Crippen LogP contribution in [0.3, 0.4) is 0 Å². The summed E-state index contributed by atoms with van der Waals surface area (Å²) in [6.45, 7) is 9.14. The molecule has 4 aromatic heterocycles. The number of anilines is 2. The van der Waals surface area contributed by atoms with E-state index >= 15 is 0 Å². The van der Waals surface area contributed by atoms with Gasteiger partial charge in [-0.2, -0.15) is 0 Å². The first-order valence-electron chi connectivity index (χ1n) is 11.9. The Labute approximate surface area is 208 Å². The Kier molecular flexibility index (Phi) is 6.31. The van der Waals surface area contributed by atoms with Crippen molar-refractivity contribution < 1.29 is 9.18 Å². The van der Waals surface area contributed by atoms with E-state index in [2.05, 4.69) is 53.6 Å². The highest BCUT2D eigenvalue weighted by atomic mass is 19.1. The van der Waals surface area contributed by atoms with Crippen LogP contribution in [0.25, 0.3) is 22.4 Å². The standard InChI is InChI=1S/C25H28FN9O/c1-15(2)35-16(3)30-23-20(35)11-18(13-28-23)22-19(26)14-29-25(32-22)31-21-6-5-17(12-27-21)24(36)34-9-7-33(4)8-10-34/h5-6,11-15H,7-10H2,1-4H3,(H,27,29,31,32). The molecule has 1 amide bonds. The Balaban J connectivity index is 1.37. The number of fused-ring (bicyclic) bond motifs is 1. The van der Waals surface area contributed by atoms with Gasteiger partial charge in [-0.25, -0.2) is 29.3 Å². The average Bonchev–Trinajstić information content (AvgIpc) is 3.21. The second kappa shape index (κ2) is 9.57. The lowest BCUT2D eigenvalue weighted by Crippen LogP contribution is -2.47. The molecule has 4 aromatic rings. The quantitative estimate of drug-likeness (QED) is 0.455. The average molecular weight is 490 g/mol. The van der Waals surface area contributed by atoms with Gasteiger partial charge in [-0.15, -0.1) is 0 Å². The van der Waals surface area contributed by atoms with Gasteiger partial charge in [-0.05, 0) is 46.0 Å². The van der Waals surface area contributed by atoms with Crippen molar-refractivity contribution in [2.75, 3.05) is 38.5 Å². The fourth-order valence-corrected chi connectivity index (χ4v) is 4.40. The molecule has 0 saturated carbocycles. The molecule has 5 heterocycles. The van der Waals surface area contributed by atoms with Gasteiger partial charge in [0.25, 0.3) is 5.91 Å². The van der Waals surface area contributed by atoms with Crippen LogP contribution in [0.4, 0.5) is 16.2 Å². The van der Waals surface area contributed by atoms with Crippen LogP contribution in [0.15, 0.2) is 36.8 Å². The lowest BCUT2D eigenvalue weighted by molar-refractivity contribution is 0.0663. The van der Waals surface area contributed by atoms with Gasteiger partial charge in [0.15, 0.2) is 11.5 Å². The molecule has 10 nitrogen and oxygen atoms in total. The molecule has 186 valence electrons. The number of amides is 1. The minimum atomic E-state index is -0.560. The number of carbonyl (C=O) groups is 1. The van der Waals surface area contributed by atoms with Gasteiger partial charge in [0.1, 0.15) is 17.3 Å². The second-order valence-electron chi connectivity index (χ2n) is 9.23. The van der Waals surface area contributed by atoms with Crippen molar-refractivity contribution in [3.8, 4) is 11.3 Å². The van der Waals surface area contributed by atoms with E-state index in [1.807, 2.05) is 24.9 Å². The second-order valence-corrected chi connectivity index (χ2v) is 9.23. The van der Waals surface area contributed by atoms with Crippen molar-refractivity contribution in [3.63, 3.8) is 0 Å². The minimum Gasteiger partial charge on any atom is -0.336 e. The van der Waals surface area contributed by atoms with Crippen molar-refractivity contribution >= 4 is 28.8 Å². The van der Waals surface area contributed by atoms with Crippen molar-refractivity contribution in [3.05, 3.63) is 54.0 Å². The maximum atomic E-state index is 14.7. The maximum Gasteiger partial charge on any atom is 0.255 e. The molecule has 0 aliphatic carbocycles. The highest BCUT2D eigenvalue weighted by Crippen LogP contribution is 2.27. The fourth-order valence-electron chi connectivity index (χ4n) is 4.40. The lowest BCUT2D eigenvalue weighted by Gasteiger charge is -2.32. The first-order valence-corrected chi connectivity index (χ1v) is 11.9. The summed E-state index contributed by atoms with van der Waals surface area (Å²) in [5.74, 6) is 0.877. The maximum absolute atomic E-state index is 14.7. The Hall–Kier alpha value is -3.99.